The van der Waals surface area contributed by atoms with Crippen LogP contribution in [-0.4, -0.2) is 25.3 Å². The Balaban J connectivity index is 2.32. The summed E-state index contributed by atoms with van der Waals surface area (Å²) in [6.45, 7) is 5.36. The third kappa shape index (κ3) is 2.56. The lowest BCUT2D eigenvalue weighted by Crippen LogP contribution is -2.47. The van der Waals surface area contributed by atoms with Gasteiger partial charge in [0.05, 0.1) is 24.3 Å². The Kier molecular flexibility index (Phi) is 3.30. The molecule has 2 rings (SSSR count). The van der Waals surface area contributed by atoms with E-state index in [1.54, 1.807) is 6.07 Å². The first kappa shape index (κ1) is 11.9. The Morgan fingerprint density at radius 2 is 2.18 bits per heavy atom. The number of benzene rings is 1. The lowest BCUT2D eigenvalue weighted by Gasteiger charge is -2.38. The third-order valence-corrected chi connectivity index (χ3v) is 2.95. The highest BCUT2D eigenvalue weighted by atomic mass is 19.1. The van der Waals surface area contributed by atoms with Gasteiger partial charge in [-0.3, -0.25) is 0 Å². The van der Waals surface area contributed by atoms with Crippen LogP contribution < -0.4 is 4.90 Å². The number of nitrogens with zero attached hydrogens (tertiary/aromatic N) is 2. The van der Waals surface area contributed by atoms with E-state index in [4.69, 9.17) is 10.00 Å². The Labute approximate surface area is 100 Å². The monoisotopic (exact) mass is 234 g/mol. The summed E-state index contributed by atoms with van der Waals surface area (Å²) in [5, 5.41) is 8.84. The van der Waals surface area contributed by atoms with E-state index in [9.17, 15) is 4.39 Å². The van der Waals surface area contributed by atoms with Gasteiger partial charge >= 0.3 is 0 Å². The van der Waals surface area contributed by atoms with Gasteiger partial charge in [0.2, 0.25) is 0 Å². The number of hydrogen-bond acceptors (Lipinski definition) is 3. The molecule has 1 aromatic rings. The van der Waals surface area contributed by atoms with E-state index in [0.717, 1.165) is 12.2 Å². The van der Waals surface area contributed by atoms with Crippen LogP contribution in [0.25, 0.3) is 0 Å². The molecule has 1 heterocycles. The number of rotatable bonds is 1. The summed E-state index contributed by atoms with van der Waals surface area (Å²) in [5.74, 6) is -0.370. The number of nitriles is 1. The number of hydrogen-bond donors (Lipinski definition) is 0. The van der Waals surface area contributed by atoms with Crippen LogP contribution in [-0.2, 0) is 4.74 Å². The molecule has 1 aromatic carbocycles. The van der Waals surface area contributed by atoms with Crippen molar-refractivity contribution in [2.75, 3.05) is 18.1 Å². The standard InChI is InChI=1S/C13H15FN2O/c1-9-8-17-10(2)7-16(9)13-4-11(6-15)3-12(14)5-13/h3-5,9-10H,7-8H2,1-2H3. The van der Waals surface area contributed by atoms with Crippen molar-refractivity contribution in [2.45, 2.75) is 26.0 Å². The molecular weight excluding hydrogens is 219 g/mol. The van der Waals surface area contributed by atoms with Gasteiger partial charge in [-0.2, -0.15) is 5.26 Å². The maximum Gasteiger partial charge on any atom is 0.126 e. The summed E-state index contributed by atoms with van der Waals surface area (Å²) in [4.78, 5) is 2.08. The molecule has 0 aromatic heterocycles. The average molecular weight is 234 g/mol. The van der Waals surface area contributed by atoms with Gasteiger partial charge in [0.25, 0.3) is 0 Å². The fourth-order valence-corrected chi connectivity index (χ4v) is 2.07. The van der Waals surface area contributed by atoms with Crippen LogP contribution in [0.2, 0.25) is 0 Å². The zero-order valence-corrected chi connectivity index (χ0v) is 9.98. The topological polar surface area (TPSA) is 36.3 Å². The SMILES string of the molecule is CC1CN(c2cc(F)cc(C#N)c2)C(C)CO1. The molecule has 1 saturated heterocycles. The van der Waals surface area contributed by atoms with Crippen molar-refractivity contribution < 1.29 is 9.13 Å². The van der Waals surface area contributed by atoms with Gasteiger partial charge in [0.15, 0.2) is 0 Å². The number of morpholine rings is 1. The van der Waals surface area contributed by atoms with Crippen LogP contribution in [0, 0.1) is 17.1 Å². The molecular formula is C13H15FN2O. The average Bonchev–Trinajstić information content (AvgIpc) is 2.31. The molecule has 1 aliphatic heterocycles. The van der Waals surface area contributed by atoms with Crippen molar-refractivity contribution in [3.05, 3.63) is 29.6 Å². The molecule has 0 N–H and O–H groups in total. The van der Waals surface area contributed by atoms with E-state index < -0.39 is 0 Å². The second kappa shape index (κ2) is 4.72. The number of anilines is 1. The smallest absolute Gasteiger partial charge is 0.126 e. The lowest BCUT2D eigenvalue weighted by atomic mass is 10.1. The minimum Gasteiger partial charge on any atom is -0.375 e. The van der Waals surface area contributed by atoms with E-state index in [2.05, 4.69) is 4.90 Å². The van der Waals surface area contributed by atoms with E-state index in [1.165, 1.54) is 12.1 Å². The Morgan fingerprint density at radius 1 is 1.41 bits per heavy atom. The Hall–Kier alpha value is -1.60. The summed E-state index contributed by atoms with van der Waals surface area (Å²) in [6.07, 6.45) is 0.125. The van der Waals surface area contributed by atoms with Gasteiger partial charge in [-0.05, 0) is 32.0 Å². The molecule has 0 saturated carbocycles. The molecule has 0 bridgehead atoms. The fraction of sp³-hybridized carbons (Fsp3) is 0.462. The molecule has 17 heavy (non-hydrogen) atoms. The molecule has 0 spiro atoms. The van der Waals surface area contributed by atoms with E-state index in [1.807, 2.05) is 19.9 Å². The van der Waals surface area contributed by atoms with Crippen molar-refractivity contribution in [2.24, 2.45) is 0 Å². The van der Waals surface area contributed by atoms with E-state index in [0.29, 0.717) is 12.2 Å². The highest BCUT2D eigenvalue weighted by molar-refractivity contribution is 5.53. The highest BCUT2D eigenvalue weighted by Crippen LogP contribution is 2.23. The highest BCUT2D eigenvalue weighted by Gasteiger charge is 2.24. The molecule has 0 aliphatic carbocycles. The maximum atomic E-state index is 13.4. The Bertz CT molecular complexity index is 455. The third-order valence-electron chi connectivity index (χ3n) is 2.95. The first-order chi connectivity index (χ1) is 8.10. The quantitative estimate of drug-likeness (QED) is 0.748. The summed E-state index contributed by atoms with van der Waals surface area (Å²) in [6, 6.07) is 6.60. The molecule has 2 unspecified atom stereocenters. The van der Waals surface area contributed by atoms with E-state index >= 15 is 0 Å². The van der Waals surface area contributed by atoms with Gasteiger partial charge in [-0.1, -0.05) is 0 Å². The van der Waals surface area contributed by atoms with Crippen molar-refractivity contribution in [1.82, 2.24) is 0 Å². The zero-order valence-electron chi connectivity index (χ0n) is 9.98. The van der Waals surface area contributed by atoms with Crippen molar-refractivity contribution in [3.8, 4) is 6.07 Å². The molecule has 0 amide bonds. The summed E-state index contributed by atoms with van der Waals surface area (Å²) in [5.41, 5.74) is 1.11. The zero-order chi connectivity index (χ0) is 12.4. The molecule has 0 radical (unpaired) electrons. The minimum absolute atomic E-state index is 0.125. The summed E-state index contributed by atoms with van der Waals surface area (Å²) >= 11 is 0. The molecule has 1 fully saturated rings. The molecule has 2 atom stereocenters. The molecule has 1 aliphatic rings. The summed E-state index contributed by atoms with van der Waals surface area (Å²) in [7, 11) is 0. The second-order valence-corrected chi connectivity index (χ2v) is 4.46. The summed E-state index contributed by atoms with van der Waals surface area (Å²) < 4.78 is 18.9. The molecule has 90 valence electrons. The Morgan fingerprint density at radius 3 is 2.88 bits per heavy atom. The maximum absolute atomic E-state index is 13.4. The van der Waals surface area contributed by atoms with Gasteiger partial charge in [0.1, 0.15) is 5.82 Å². The van der Waals surface area contributed by atoms with E-state index in [-0.39, 0.29) is 18.0 Å². The van der Waals surface area contributed by atoms with Crippen LogP contribution >= 0.6 is 0 Å². The molecule has 4 heteroatoms. The number of halogens is 1. The van der Waals surface area contributed by atoms with Gasteiger partial charge < -0.3 is 9.64 Å². The minimum atomic E-state index is -0.370. The van der Waals surface area contributed by atoms with Crippen molar-refractivity contribution >= 4 is 5.69 Å². The lowest BCUT2D eigenvalue weighted by molar-refractivity contribution is 0.0343. The normalized spacial score (nSPS) is 24.5. The van der Waals surface area contributed by atoms with Crippen LogP contribution in [0.3, 0.4) is 0 Å². The predicted octanol–water partition coefficient (Wildman–Crippen LogP) is 2.31. The van der Waals surface area contributed by atoms with Gasteiger partial charge in [-0.15, -0.1) is 0 Å². The first-order valence-corrected chi connectivity index (χ1v) is 5.69. The first-order valence-electron chi connectivity index (χ1n) is 5.69. The van der Waals surface area contributed by atoms with Gasteiger partial charge in [-0.25, -0.2) is 4.39 Å². The van der Waals surface area contributed by atoms with Crippen molar-refractivity contribution in [1.29, 1.82) is 5.26 Å². The number of ether oxygens (including phenoxy) is 1. The predicted molar refractivity (Wildman–Crippen MR) is 63.3 cm³/mol. The fourth-order valence-electron chi connectivity index (χ4n) is 2.07. The van der Waals surface area contributed by atoms with Crippen LogP contribution in [0.15, 0.2) is 18.2 Å². The molecule has 3 nitrogen and oxygen atoms in total. The second-order valence-electron chi connectivity index (χ2n) is 4.46. The van der Waals surface area contributed by atoms with Crippen LogP contribution in [0.4, 0.5) is 10.1 Å². The van der Waals surface area contributed by atoms with Crippen LogP contribution in [0.5, 0.6) is 0 Å². The van der Waals surface area contributed by atoms with Gasteiger partial charge in [0, 0.05) is 18.3 Å². The largest absolute Gasteiger partial charge is 0.375 e. The van der Waals surface area contributed by atoms with Crippen molar-refractivity contribution in [3.63, 3.8) is 0 Å². The van der Waals surface area contributed by atoms with Crippen LogP contribution in [0.1, 0.15) is 19.4 Å².